The first-order valence-corrected chi connectivity index (χ1v) is 7.37. The largest absolute Gasteiger partial charge is 0.391 e. The molecule has 2 fully saturated rings. The van der Waals surface area contributed by atoms with Gasteiger partial charge in [0.1, 0.15) is 6.07 Å². The Morgan fingerprint density at radius 3 is 2.90 bits per heavy atom. The van der Waals surface area contributed by atoms with Crippen molar-refractivity contribution in [2.75, 3.05) is 18.0 Å². The van der Waals surface area contributed by atoms with Crippen molar-refractivity contribution in [2.24, 2.45) is 0 Å². The number of hydrogen-bond acceptors (Lipinski definition) is 3. The third-order valence-electron chi connectivity index (χ3n) is 4.36. The lowest BCUT2D eigenvalue weighted by atomic mass is 10.0. The summed E-state index contributed by atoms with van der Waals surface area (Å²) in [6.45, 7) is 2.95. The van der Waals surface area contributed by atoms with Crippen LogP contribution in [0, 0.1) is 18.3 Å². The summed E-state index contributed by atoms with van der Waals surface area (Å²) in [5, 5.41) is 19.5. The molecule has 5 nitrogen and oxygen atoms in total. The number of nitrogens with zero attached hydrogens (tertiary/aromatic N) is 3. The van der Waals surface area contributed by atoms with Crippen molar-refractivity contribution in [1.29, 1.82) is 5.26 Å². The maximum atomic E-state index is 12.5. The maximum Gasteiger partial charge on any atom is 0.324 e. The molecule has 0 aliphatic carbocycles. The molecule has 6 heteroatoms. The van der Waals surface area contributed by atoms with Crippen LogP contribution >= 0.6 is 11.6 Å². The molecule has 0 radical (unpaired) electrons. The Kier molecular flexibility index (Phi) is 3.52. The van der Waals surface area contributed by atoms with Crippen LogP contribution in [0.1, 0.15) is 24.0 Å². The molecular formula is C15H16ClN3O2. The number of rotatable bonds is 1. The van der Waals surface area contributed by atoms with E-state index in [1.54, 1.807) is 28.9 Å². The van der Waals surface area contributed by atoms with E-state index in [0.29, 0.717) is 29.4 Å². The summed E-state index contributed by atoms with van der Waals surface area (Å²) < 4.78 is 0. The minimum Gasteiger partial charge on any atom is -0.391 e. The molecule has 2 atom stereocenters. The van der Waals surface area contributed by atoms with Crippen LogP contribution < -0.4 is 4.90 Å². The van der Waals surface area contributed by atoms with Gasteiger partial charge >= 0.3 is 6.03 Å². The fraction of sp³-hybridized carbons (Fsp3) is 0.467. The highest BCUT2D eigenvalue weighted by Gasteiger charge is 2.43. The van der Waals surface area contributed by atoms with Gasteiger partial charge in [-0.25, -0.2) is 4.79 Å². The average molecular weight is 306 g/mol. The maximum absolute atomic E-state index is 12.5. The molecule has 2 aliphatic rings. The van der Waals surface area contributed by atoms with Crippen molar-refractivity contribution in [3.8, 4) is 6.07 Å². The molecule has 2 heterocycles. The van der Waals surface area contributed by atoms with Crippen LogP contribution in [0.25, 0.3) is 0 Å². The average Bonchev–Trinajstić information content (AvgIpc) is 2.81. The number of benzene rings is 1. The quantitative estimate of drug-likeness (QED) is 0.865. The Hall–Kier alpha value is -1.77. The number of carbonyl (C=O) groups excluding carboxylic acids is 1. The Labute approximate surface area is 128 Å². The monoisotopic (exact) mass is 305 g/mol. The van der Waals surface area contributed by atoms with E-state index in [2.05, 4.69) is 0 Å². The second-order valence-electron chi connectivity index (χ2n) is 5.55. The molecule has 110 valence electrons. The minimum atomic E-state index is -0.471. The molecule has 0 unspecified atom stereocenters. The van der Waals surface area contributed by atoms with Gasteiger partial charge in [0.15, 0.2) is 0 Å². The van der Waals surface area contributed by atoms with Crippen LogP contribution in [-0.2, 0) is 0 Å². The summed E-state index contributed by atoms with van der Waals surface area (Å²) in [7, 11) is 0. The van der Waals surface area contributed by atoms with Crippen LogP contribution in [0.3, 0.4) is 0 Å². The third-order valence-corrected chi connectivity index (χ3v) is 4.85. The Balaban J connectivity index is 1.97. The lowest BCUT2D eigenvalue weighted by molar-refractivity contribution is 0.0518. The van der Waals surface area contributed by atoms with Crippen molar-refractivity contribution in [2.45, 2.75) is 31.9 Å². The van der Waals surface area contributed by atoms with Crippen LogP contribution in [0.15, 0.2) is 12.1 Å². The van der Waals surface area contributed by atoms with E-state index in [1.165, 1.54) is 0 Å². The summed E-state index contributed by atoms with van der Waals surface area (Å²) in [5.74, 6) is 0. The molecule has 0 spiro atoms. The van der Waals surface area contributed by atoms with Crippen molar-refractivity contribution < 1.29 is 9.90 Å². The summed E-state index contributed by atoms with van der Waals surface area (Å²) in [6.07, 6.45) is 1.08. The first-order chi connectivity index (χ1) is 10.0. The van der Waals surface area contributed by atoms with Gasteiger partial charge in [0, 0.05) is 12.2 Å². The standard InChI is InChI=1S/C15H16ClN3O2/c1-9-11(5-4-10(7-17)14(9)16)19-8-12-13(20)3-2-6-18(12)15(19)21/h4-5,12-13,20H,2-3,6,8H2,1H3/t12-,13-/m0/s1. The molecular weight excluding hydrogens is 290 g/mol. The molecule has 0 bridgehead atoms. The number of hydrogen-bond donors (Lipinski definition) is 1. The number of fused-ring (bicyclic) bond motifs is 1. The highest BCUT2D eigenvalue weighted by molar-refractivity contribution is 6.33. The summed E-state index contributed by atoms with van der Waals surface area (Å²) >= 11 is 6.18. The number of urea groups is 1. The number of piperidine rings is 1. The molecule has 1 N–H and O–H groups in total. The zero-order chi connectivity index (χ0) is 15.1. The fourth-order valence-electron chi connectivity index (χ4n) is 3.17. The fourth-order valence-corrected chi connectivity index (χ4v) is 3.37. The van der Waals surface area contributed by atoms with Crippen molar-refractivity contribution in [3.05, 3.63) is 28.3 Å². The number of carbonyl (C=O) groups is 1. The first-order valence-electron chi connectivity index (χ1n) is 7.00. The topological polar surface area (TPSA) is 67.6 Å². The van der Waals surface area contributed by atoms with E-state index in [0.717, 1.165) is 18.4 Å². The number of aliphatic hydroxyl groups excluding tert-OH is 1. The van der Waals surface area contributed by atoms with E-state index in [4.69, 9.17) is 16.9 Å². The number of halogens is 1. The smallest absolute Gasteiger partial charge is 0.324 e. The zero-order valence-electron chi connectivity index (χ0n) is 11.7. The second-order valence-corrected chi connectivity index (χ2v) is 5.92. The van der Waals surface area contributed by atoms with Crippen molar-refractivity contribution in [3.63, 3.8) is 0 Å². The van der Waals surface area contributed by atoms with E-state index in [-0.39, 0.29) is 12.1 Å². The molecule has 3 rings (SSSR count). The normalized spacial score (nSPS) is 25.0. The van der Waals surface area contributed by atoms with Gasteiger partial charge in [-0.15, -0.1) is 0 Å². The highest BCUT2D eigenvalue weighted by atomic mass is 35.5. The van der Waals surface area contributed by atoms with Crippen LogP contribution in [0.5, 0.6) is 0 Å². The van der Waals surface area contributed by atoms with Gasteiger partial charge in [0.25, 0.3) is 0 Å². The molecule has 0 saturated carbocycles. The molecule has 21 heavy (non-hydrogen) atoms. The highest BCUT2D eigenvalue weighted by Crippen LogP contribution is 2.35. The van der Waals surface area contributed by atoms with Crippen LogP contribution in [-0.4, -0.2) is 41.3 Å². The van der Waals surface area contributed by atoms with Gasteiger partial charge in [-0.1, -0.05) is 11.6 Å². The van der Waals surface area contributed by atoms with Gasteiger partial charge < -0.3 is 10.0 Å². The predicted molar refractivity (Wildman–Crippen MR) is 79.4 cm³/mol. The lowest BCUT2D eigenvalue weighted by Gasteiger charge is -2.31. The zero-order valence-corrected chi connectivity index (χ0v) is 12.5. The predicted octanol–water partition coefficient (Wildman–Crippen LogP) is 2.29. The van der Waals surface area contributed by atoms with Gasteiger partial charge in [-0.3, -0.25) is 4.90 Å². The molecule has 1 aromatic rings. The second kappa shape index (κ2) is 5.21. The first kappa shape index (κ1) is 14.2. The molecule has 2 amide bonds. The van der Waals surface area contributed by atoms with Crippen LogP contribution in [0.4, 0.5) is 10.5 Å². The third kappa shape index (κ3) is 2.15. The Morgan fingerprint density at radius 2 is 2.24 bits per heavy atom. The number of aliphatic hydroxyl groups is 1. The molecule has 1 aromatic carbocycles. The van der Waals surface area contributed by atoms with E-state index >= 15 is 0 Å². The summed E-state index contributed by atoms with van der Waals surface area (Å²) in [4.78, 5) is 15.9. The minimum absolute atomic E-state index is 0.0948. The van der Waals surface area contributed by atoms with Gasteiger partial charge in [0.2, 0.25) is 0 Å². The SMILES string of the molecule is Cc1c(N2C[C@H]3[C@@H](O)CCCN3C2=O)ccc(C#N)c1Cl. The van der Waals surface area contributed by atoms with Gasteiger partial charge in [-0.2, -0.15) is 5.26 Å². The lowest BCUT2D eigenvalue weighted by Crippen LogP contribution is -2.46. The Bertz CT molecular complexity index is 641. The summed E-state index contributed by atoms with van der Waals surface area (Å²) in [5.41, 5.74) is 1.84. The summed E-state index contributed by atoms with van der Waals surface area (Å²) in [6, 6.07) is 5.17. The van der Waals surface area contributed by atoms with Gasteiger partial charge in [0.05, 0.1) is 29.3 Å². The molecule has 0 aromatic heterocycles. The van der Waals surface area contributed by atoms with Crippen molar-refractivity contribution >= 4 is 23.3 Å². The van der Waals surface area contributed by atoms with E-state index in [1.807, 2.05) is 6.07 Å². The van der Waals surface area contributed by atoms with Gasteiger partial charge in [-0.05, 0) is 37.5 Å². The Morgan fingerprint density at radius 1 is 1.48 bits per heavy atom. The molecule has 2 saturated heterocycles. The van der Waals surface area contributed by atoms with E-state index in [9.17, 15) is 9.90 Å². The molecule has 2 aliphatic heterocycles. The number of nitriles is 1. The van der Waals surface area contributed by atoms with E-state index < -0.39 is 6.10 Å². The number of anilines is 1. The van der Waals surface area contributed by atoms with Crippen LogP contribution in [0.2, 0.25) is 5.02 Å². The number of amides is 2. The van der Waals surface area contributed by atoms with Crippen molar-refractivity contribution in [1.82, 2.24) is 4.90 Å².